The molecule has 6 heteroatoms. The van der Waals surface area contributed by atoms with Crippen LogP contribution in [0.25, 0.3) is 0 Å². The molecule has 0 fully saturated rings. The van der Waals surface area contributed by atoms with Crippen LogP contribution in [0.15, 0.2) is 42.5 Å². The summed E-state index contributed by atoms with van der Waals surface area (Å²) < 4.78 is 5.16. The molecule has 0 amide bonds. The number of carbonyl (C=O) groups is 2. The largest absolute Gasteiger partial charge is 0.480 e. The molecule has 0 radical (unpaired) electrons. The maximum absolute atomic E-state index is 11.6. The minimum absolute atomic E-state index is 0.400. The summed E-state index contributed by atoms with van der Waals surface area (Å²) in [6.07, 6.45) is 0.566. The van der Waals surface area contributed by atoms with Gasteiger partial charge in [0.2, 0.25) is 6.23 Å². The third-order valence-electron chi connectivity index (χ3n) is 2.65. The van der Waals surface area contributed by atoms with Crippen molar-refractivity contribution in [3.8, 4) is 0 Å². The van der Waals surface area contributed by atoms with Crippen LogP contribution in [-0.4, -0.2) is 41.0 Å². The average Bonchev–Trinajstić information content (AvgIpc) is 2.43. The van der Waals surface area contributed by atoms with Gasteiger partial charge in [0, 0.05) is 11.8 Å². The molecule has 2 N–H and O–H groups in total. The summed E-state index contributed by atoms with van der Waals surface area (Å²) >= 11 is 0. The number of aliphatic hydroxyl groups is 1. The predicted octanol–water partition coefficient (Wildman–Crippen LogP) is 1.40. The van der Waals surface area contributed by atoms with Crippen molar-refractivity contribution in [2.24, 2.45) is 0 Å². The van der Waals surface area contributed by atoms with E-state index in [1.165, 1.54) is 24.0 Å². The van der Waals surface area contributed by atoms with E-state index in [1.54, 1.807) is 37.3 Å². The summed E-state index contributed by atoms with van der Waals surface area (Å²) in [5, 5.41) is 18.9. The molecular weight excluding hydrogens is 274 g/mol. The lowest BCUT2D eigenvalue weighted by Crippen LogP contribution is -2.48. The molecule has 21 heavy (non-hydrogen) atoms. The van der Waals surface area contributed by atoms with Crippen LogP contribution in [-0.2, 0) is 14.3 Å². The second kappa shape index (κ2) is 8.06. The molecule has 0 aromatic heterocycles. The van der Waals surface area contributed by atoms with Crippen molar-refractivity contribution < 1.29 is 24.5 Å². The molecule has 0 aliphatic carbocycles. The fourth-order valence-electron chi connectivity index (χ4n) is 1.81. The number of ether oxygens (including phenoxy) is 1. The van der Waals surface area contributed by atoms with Gasteiger partial charge in [-0.15, -0.1) is 0 Å². The number of nitrogens with zero attached hydrogens (tertiary/aromatic N) is 1. The van der Waals surface area contributed by atoms with E-state index in [0.717, 1.165) is 0 Å². The van der Waals surface area contributed by atoms with Crippen molar-refractivity contribution in [3.63, 3.8) is 0 Å². The standard InChI is InChI=1S/C15H19NO5/c1-3-7-14(20)21-15(11(2)17)16(10-13(18)19)12-8-5-4-6-9-12/h3-9,11,15,17H,10H2,1-2H3,(H,18,19). The highest BCUT2D eigenvalue weighted by atomic mass is 16.6. The fourth-order valence-corrected chi connectivity index (χ4v) is 1.81. The Hall–Kier alpha value is -2.34. The number of aliphatic hydroxyl groups excluding tert-OH is 1. The molecule has 0 aliphatic rings. The summed E-state index contributed by atoms with van der Waals surface area (Å²) in [5.74, 6) is -1.73. The first-order chi connectivity index (χ1) is 9.95. The predicted molar refractivity (Wildman–Crippen MR) is 77.8 cm³/mol. The Balaban J connectivity index is 3.06. The molecule has 0 aliphatic heterocycles. The highest BCUT2D eigenvalue weighted by Gasteiger charge is 2.28. The minimum atomic E-state index is -1.09. The second-order valence-corrected chi connectivity index (χ2v) is 4.43. The summed E-state index contributed by atoms with van der Waals surface area (Å²) in [4.78, 5) is 24.0. The summed E-state index contributed by atoms with van der Waals surface area (Å²) in [6.45, 7) is 2.69. The number of aliphatic carboxylic acids is 1. The molecule has 1 rings (SSSR count). The smallest absolute Gasteiger partial charge is 0.332 e. The van der Waals surface area contributed by atoms with E-state index in [-0.39, 0.29) is 0 Å². The van der Waals surface area contributed by atoms with E-state index in [1.807, 2.05) is 0 Å². The van der Waals surface area contributed by atoms with E-state index < -0.39 is 30.8 Å². The number of esters is 1. The van der Waals surface area contributed by atoms with Crippen molar-refractivity contribution >= 4 is 17.6 Å². The Morgan fingerprint density at radius 1 is 1.33 bits per heavy atom. The minimum Gasteiger partial charge on any atom is -0.480 e. The van der Waals surface area contributed by atoms with Gasteiger partial charge in [-0.05, 0) is 26.0 Å². The van der Waals surface area contributed by atoms with E-state index in [4.69, 9.17) is 9.84 Å². The van der Waals surface area contributed by atoms with Crippen LogP contribution in [0.2, 0.25) is 0 Å². The summed E-state index contributed by atoms with van der Waals surface area (Å²) in [7, 11) is 0. The van der Waals surface area contributed by atoms with Gasteiger partial charge < -0.3 is 19.8 Å². The number of rotatable bonds is 7. The van der Waals surface area contributed by atoms with Gasteiger partial charge in [0.15, 0.2) is 0 Å². The van der Waals surface area contributed by atoms with Gasteiger partial charge in [-0.1, -0.05) is 24.3 Å². The zero-order valence-corrected chi connectivity index (χ0v) is 12.0. The Morgan fingerprint density at radius 2 is 1.95 bits per heavy atom. The molecule has 0 saturated heterocycles. The monoisotopic (exact) mass is 293 g/mol. The molecule has 2 atom stereocenters. The van der Waals surface area contributed by atoms with Crippen molar-refractivity contribution in [2.45, 2.75) is 26.2 Å². The van der Waals surface area contributed by atoms with E-state index in [9.17, 15) is 14.7 Å². The van der Waals surface area contributed by atoms with E-state index >= 15 is 0 Å². The molecular formula is C15H19NO5. The van der Waals surface area contributed by atoms with Gasteiger partial charge >= 0.3 is 11.9 Å². The molecule has 2 unspecified atom stereocenters. The molecule has 0 spiro atoms. The van der Waals surface area contributed by atoms with E-state index in [2.05, 4.69) is 0 Å². The Bertz CT molecular complexity index is 498. The Labute approximate surface area is 123 Å². The van der Waals surface area contributed by atoms with Gasteiger partial charge in [-0.2, -0.15) is 0 Å². The fraction of sp³-hybridized carbons (Fsp3) is 0.333. The molecule has 0 heterocycles. The lowest BCUT2D eigenvalue weighted by molar-refractivity contribution is -0.150. The third-order valence-corrected chi connectivity index (χ3v) is 2.65. The number of benzene rings is 1. The second-order valence-electron chi connectivity index (χ2n) is 4.43. The van der Waals surface area contributed by atoms with Crippen molar-refractivity contribution in [2.75, 3.05) is 11.4 Å². The van der Waals surface area contributed by atoms with E-state index in [0.29, 0.717) is 5.69 Å². The Kier molecular flexibility index (Phi) is 6.42. The summed E-state index contributed by atoms with van der Waals surface area (Å²) in [5.41, 5.74) is 0.541. The maximum atomic E-state index is 11.6. The quantitative estimate of drug-likeness (QED) is 0.449. The zero-order valence-electron chi connectivity index (χ0n) is 12.0. The lowest BCUT2D eigenvalue weighted by atomic mass is 10.2. The zero-order chi connectivity index (χ0) is 15.8. The topological polar surface area (TPSA) is 87.1 Å². The molecule has 0 saturated carbocycles. The van der Waals surface area contributed by atoms with Crippen LogP contribution in [0.4, 0.5) is 5.69 Å². The molecule has 6 nitrogen and oxygen atoms in total. The summed E-state index contributed by atoms with van der Waals surface area (Å²) in [6, 6.07) is 8.61. The van der Waals surface area contributed by atoms with Crippen molar-refractivity contribution in [1.29, 1.82) is 0 Å². The lowest BCUT2D eigenvalue weighted by Gasteiger charge is -2.33. The van der Waals surface area contributed by atoms with Gasteiger partial charge in [-0.25, -0.2) is 4.79 Å². The van der Waals surface area contributed by atoms with Crippen LogP contribution in [0.1, 0.15) is 13.8 Å². The van der Waals surface area contributed by atoms with Crippen LogP contribution in [0.3, 0.4) is 0 Å². The first-order valence-electron chi connectivity index (χ1n) is 6.50. The van der Waals surface area contributed by atoms with Crippen LogP contribution < -0.4 is 4.90 Å². The number of allylic oxidation sites excluding steroid dienone is 1. The van der Waals surface area contributed by atoms with Gasteiger partial charge in [0.25, 0.3) is 0 Å². The van der Waals surface area contributed by atoms with Gasteiger partial charge in [0.1, 0.15) is 12.6 Å². The highest BCUT2D eigenvalue weighted by Crippen LogP contribution is 2.19. The highest BCUT2D eigenvalue weighted by molar-refractivity contribution is 5.82. The van der Waals surface area contributed by atoms with Gasteiger partial charge in [-0.3, -0.25) is 4.79 Å². The molecule has 1 aromatic rings. The first kappa shape index (κ1) is 16.7. The number of carbonyl (C=O) groups excluding carboxylic acids is 1. The Morgan fingerprint density at radius 3 is 2.43 bits per heavy atom. The normalized spacial score (nSPS) is 13.7. The number of carboxylic acid groups (broad SMARTS) is 1. The number of para-hydroxylation sites is 1. The molecule has 114 valence electrons. The first-order valence-corrected chi connectivity index (χ1v) is 6.50. The number of anilines is 1. The number of carboxylic acids is 1. The van der Waals surface area contributed by atoms with Crippen LogP contribution in [0.5, 0.6) is 0 Å². The van der Waals surface area contributed by atoms with Gasteiger partial charge in [0.05, 0.1) is 0 Å². The maximum Gasteiger partial charge on any atom is 0.332 e. The number of hydrogen-bond acceptors (Lipinski definition) is 5. The third kappa shape index (κ3) is 5.27. The molecule has 0 bridgehead atoms. The van der Waals surface area contributed by atoms with Crippen LogP contribution in [0, 0.1) is 0 Å². The SMILES string of the molecule is CC=CC(=O)OC(C(C)O)N(CC(=O)O)c1ccccc1. The average molecular weight is 293 g/mol. The van der Waals surface area contributed by atoms with Crippen molar-refractivity contribution in [1.82, 2.24) is 0 Å². The van der Waals surface area contributed by atoms with Crippen LogP contribution >= 0.6 is 0 Å². The number of hydrogen-bond donors (Lipinski definition) is 2. The van der Waals surface area contributed by atoms with Crippen molar-refractivity contribution in [3.05, 3.63) is 42.5 Å². The molecule has 1 aromatic carbocycles.